The fraction of sp³-hybridized carbons (Fsp3) is 0.667. The van der Waals surface area contributed by atoms with E-state index in [1.807, 2.05) is 0 Å². The van der Waals surface area contributed by atoms with Crippen LogP contribution in [-0.2, 0) is 28.6 Å². The van der Waals surface area contributed by atoms with Crippen molar-refractivity contribution in [3.8, 4) is 0 Å². The Hall–Kier alpha value is -3.93. The SMILES string of the molecule is CC/C=C\C/C=C\C/C=C\C/C=C\C/C=C\CCCCCC(=O)O[C@H](COC(=O)CCCCCC/C=C\C/C=C\C/C=C\C/C=C\CC)COC(=O)CCCCCCCCCCCCCCCCC. The van der Waals surface area contributed by atoms with Crippen LogP contribution in [0.15, 0.2) is 109 Å². The van der Waals surface area contributed by atoms with Crippen LogP contribution in [0.1, 0.15) is 252 Å². The molecule has 0 aliphatic heterocycles. The van der Waals surface area contributed by atoms with Crippen molar-refractivity contribution < 1.29 is 28.6 Å². The maximum Gasteiger partial charge on any atom is 0.306 e. The van der Waals surface area contributed by atoms with Crippen LogP contribution in [0.2, 0.25) is 0 Å². The van der Waals surface area contributed by atoms with Gasteiger partial charge in [0.15, 0.2) is 6.10 Å². The average molecular weight is 958 g/mol. The Kier molecular flexibility index (Phi) is 53.4. The first-order valence-electron chi connectivity index (χ1n) is 28.4. The van der Waals surface area contributed by atoms with Crippen LogP contribution in [0.5, 0.6) is 0 Å². The topological polar surface area (TPSA) is 78.9 Å². The summed E-state index contributed by atoms with van der Waals surface area (Å²) in [4.78, 5) is 38.2. The van der Waals surface area contributed by atoms with Gasteiger partial charge in [-0.15, -0.1) is 0 Å². The lowest BCUT2D eigenvalue weighted by atomic mass is 10.0. The molecule has 69 heavy (non-hydrogen) atoms. The van der Waals surface area contributed by atoms with Crippen molar-refractivity contribution >= 4 is 17.9 Å². The van der Waals surface area contributed by atoms with E-state index in [0.29, 0.717) is 12.8 Å². The highest BCUT2D eigenvalue weighted by molar-refractivity contribution is 5.71. The first-order valence-corrected chi connectivity index (χ1v) is 28.4. The van der Waals surface area contributed by atoms with Crippen molar-refractivity contribution in [2.45, 2.75) is 258 Å². The molecule has 0 amide bonds. The van der Waals surface area contributed by atoms with E-state index >= 15 is 0 Å². The second-order valence-corrected chi connectivity index (χ2v) is 18.4. The molecule has 6 heteroatoms. The van der Waals surface area contributed by atoms with Gasteiger partial charge < -0.3 is 14.2 Å². The standard InChI is InChI=1S/C63H104O6/c1-4-7-10-13-16-19-22-25-28-30-31-33-36-39-42-45-48-51-54-57-63(66)69-60(58-67-61(64)55-52-49-46-43-40-37-34-27-24-21-18-15-12-9-6-3)59-68-62(65)56-53-50-47-44-41-38-35-32-29-26-23-20-17-14-11-8-5-2/h7-8,10-11,16-17,19-20,25-26,28-29,31,33,35,38-39,42,60H,4-6,9,12-15,18,21-24,27,30,32,34,36-37,40-41,43-59H2,1-3H3/b10-7-,11-8-,19-16-,20-17-,28-25-,29-26-,33-31-,38-35-,42-39-/t60-/m0/s1. The highest BCUT2D eigenvalue weighted by Crippen LogP contribution is 2.15. The van der Waals surface area contributed by atoms with Crippen LogP contribution < -0.4 is 0 Å². The van der Waals surface area contributed by atoms with E-state index in [-0.39, 0.29) is 37.5 Å². The fourth-order valence-electron chi connectivity index (χ4n) is 7.58. The summed E-state index contributed by atoms with van der Waals surface area (Å²) in [5.74, 6) is -0.954. The number of hydrogen-bond donors (Lipinski definition) is 0. The first kappa shape index (κ1) is 65.1. The second kappa shape index (κ2) is 56.7. The predicted molar refractivity (Wildman–Crippen MR) is 297 cm³/mol. The second-order valence-electron chi connectivity index (χ2n) is 18.4. The van der Waals surface area contributed by atoms with E-state index in [1.54, 1.807) is 0 Å². The van der Waals surface area contributed by atoms with Crippen molar-refractivity contribution in [1.29, 1.82) is 0 Å². The van der Waals surface area contributed by atoms with Crippen molar-refractivity contribution in [3.63, 3.8) is 0 Å². The minimum atomic E-state index is -0.807. The van der Waals surface area contributed by atoms with Gasteiger partial charge in [-0.25, -0.2) is 0 Å². The zero-order chi connectivity index (χ0) is 50.0. The van der Waals surface area contributed by atoms with Gasteiger partial charge in [-0.05, 0) is 103 Å². The van der Waals surface area contributed by atoms with Crippen LogP contribution in [0.3, 0.4) is 0 Å². The summed E-state index contributed by atoms with van der Waals surface area (Å²) in [7, 11) is 0. The Labute approximate surface area is 425 Å². The van der Waals surface area contributed by atoms with E-state index in [1.165, 1.54) is 77.0 Å². The number of carbonyl (C=O) groups is 3. The van der Waals surface area contributed by atoms with Crippen LogP contribution in [0.25, 0.3) is 0 Å². The molecular weight excluding hydrogens is 853 g/mol. The van der Waals surface area contributed by atoms with Crippen LogP contribution in [0.4, 0.5) is 0 Å². The fourth-order valence-corrected chi connectivity index (χ4v) is 7.58. The van der Waals surface area contributed by atoms with Crippen molar-refractivity contribution in [1.82, 2.24) is 0 Å². The third-order valence-corrected chi connectivity index (χ3v) is 11.8. The molecule has 0 radical (unpaired) electrons. The molecule has 0 saturated heterocycles. The Morgan fingerprint density at radius 1 is 0.304 bits per heavy atom. The third-order valence-electron chi connectivity index (χ3n) is 11.8. The maximum absolute atomic E-state index is 12.9. The summed E-state index contributed by atoms with van der Waals surface area (Å²) in [5, 5.41) is 0. The van der Waals surface area contributed by atoms with E-state index < -0.39 is 6.10 Å². The predicted octanol–water partition coefficient (Wildman–Crippen LogP) is 19.1. The third kappa shape index (κ3) is 54.9. The smallest absolute Gasteiger partial charge is 0.306 e. The highest BCUT2D eigenvalue weighted by atomic mass is 16.6. The molecule has 0 aliphatic rings. The lowest BCUT2D eigenvalue weighted by Crippen LogP contribution is -2.30. The van der Waals surface area contributed by atoms with E-state index in [9.17, 15) is 14.4 Å². The number of ether oxygens (including phenoxy) is 3. The van der Waals surface area contributed by atoms with Gasteiger partial charge in [0.2, 0.25) is 0 Å². The van der Waals surface area contributed by atoms with Crippen LogP contribution in [0, 0.1) is 0 Å². The zero-order valence-electron chi connectivity index (χ0n) is 44.8. The summed E-state index contributed by atoms with van der Waals surface area (Å²) < 4.78 is 16.8. The number of allylic oxidation sites excluding steroid dienone is 18. The Balaban J connectivity index is 4.50. The maximum atomic E-state index is 12.9. The molecule has 6 nitrogen and oxygen atoms in total. The first-order chi connectivity index (χ1) is 34.0. The molecule has 0 N–H and O–H groups in total. The molecule has 0 bridgehead atoms. The molecule has 0 aliphatic carbocycles. The summed E-state index contributed by atoms with van der Waals surface area (Å²) in [6.45, 7) is 6.37. The molecule has 0 aromatic rings. The summed E-state index contributed by atoms with van der Waals surface area (Å²) in [5.41, 5.74) is 0. The van der Waals surface area contributed by atoms with Crippen molar-refractivity contribution in [2.75, 3.05) is 13.2 Å². The van der Waals surface area contributed by atoms with Gasteiger partial charge in [0.05, 0.1) is 0 Å². The normalized spacial score (nSPS) is 12.9. The van der Waals surface area contributed by atoms with Gasteiger partial charge in [0, 0.05) is 19.3 Å². The van der Waals surface area contributed by atoms with E-state index in [2.05, 4.69) is 130 Å². The minimum absolute atomic E-state index is 0.0992. The van der Waals surface area contributed by atoms with E-state index in [4.69, 9.17) is 14.2 Å². The molecule has 0 aromatic carbocycles. The summed E-state index contributed by atoms with van der Waals surface area (Å²) >= 11 is 0. The Morgan fingerprint density at radius 2 is 0.565 bits per heavy atom. The molecular formula is C63H104O6. The molecule has 0 spiro atoms. The van der Waals surface area contributed by atoms with Crippen molar-refractivity contribution in [3.05, 3.63) is 109 Å². The van der Waals surface area contributed by atoms with Crippen LogP contribution in [-0.4, -0.2) is 37.2 Å². The molecule has 1 atom stereocenters. The van der Waals surface area contributed by atoms with Gasteiger partial charge in [0.1, 0.15) is 13.2 Å². The molecule has 392 valence electrons. The Morgan fingerprint density at radius 3 is 0.899 bits per heavy atom. The number of carbonyl (C=O) groups excluding carboxylic acids is 3. The minimum Gasteiger partial charge on any atom is -0.462 e. The molecule has 0 rings (SSSR count). The van der Waals surface area contributed by atoms with Gasteiger partial charge in [-0.3, -0.25) is 14.4 Å². The number of rotatable bonds is 50. The van der Waals surface area contributed by atoms with Gasteiger partial charge in [-0.1, -0.05) is 239 Å². The molecule has 0 heterocycles. The van der Waals surface area contributed by atoms with E-state index in [0.717, 1.165) is 135 Å². The Bertz CT molecular complexity index is 1420. The highest BCUT2D eigenvalue weighted by Gasteiger charge is 2.19. The molecule has 0 unspecified atom stereocenters. The van der Waals surface area contributed by atoms with Crippen LogP contribution >= 0.6 is 0 Å². The number of hydrogen-bond acceptors (Lipinski definition) is 6. The lowest BCUT2D eigenvalue weighted by Gasteiger charge is -2.18. The van der Waals surface area contributed by atoms with Gasteiger partial charge in [0.25, 0.3) is 0 Å². The summed E-state index contributed by atoms with van der Waals surface area (Å²) in [6, 6.07) is 0. The molecule has 0 saturated carbocycles. The van der Waals surface area contributed by atoms with Crippen molar-refractivity contribution in [2.24, 2.45) is 0 Å². The lowest BCUT2D eigenvalue weighted by molar-refractivity contribution is -0.167. The van der Waals surface area contributed by atoms with Gasteiger partial charge in [-0.2, -0.15) is 0 Å². The van der Waals surface area contributed by atoms with Gasteiger partial charge >= 0.3 is 17.9 Å². The monoisotopic (exact) mass is 957 g/mol. The molecule has 0 aromatic heterocycles. The summed E-state index contributed by atoms with van der Waals surface area (Å²) in [6.07, 6.45) is 76.4. The zero-order valence-corrected chi connectivity index (χ0v) is 44.8. The molecule has 0 fully saturated rings. The number of esters is 3. The number of unbranched alkanes of at least 4 members (excludes halogenated alkanes) is 21. The quantitative estimate of drug-likeness (QED) is 0.0262. The largest absolute Gasteiger partial charge is 0.462 e. The average Bonchev–Trinajstić information content (AvgIpc) is 3.35.